The molecule has 2 saturated heterocycles. The summed E-state index contributed by atoms with van der Waals surface area (Å²) >= 11 is 0. The van der Waals surface area contributed by atoms with Crippen molar-refractivity contribution in [2.75, 3.05) is 13.2 Å². The number of hydrogen-bond acceptors (Lipinski definition) is 6. The molecule has 2 bridgehead atoms. The van der Waals surface area contributed by atoms with Gasteiger partial charge in [-0.2, -0.15) is 5.26 Å². The normalized spacial score (nSPS) is 21.9. The molecule has 7 nitrogen and oxygen atoms in total. The zero-order valence-corrected chi connectivity index (χ0v) is 19.8. The summed E-state index contributed by atoms with van der Waals surface area (Å²) in [7, 11) is 0. The number of carbonyl (C=O) groups is 2. The van der Waals surface area contributed by atoms with Gasteiger partial charge >= 0.3 is 6.09 Å². The molecule has 2 aliphatic heterocycles. The SMILES string of the molecule is CC(C)(C)OC(=O)N1C2COCC1CC(C(=O)c1ccc(C#N)c(OCc3ccccc3)c1)C2. The fourth-order valence-electron chi connectivity index (χ4n) is 4.60. The molecule has 0 N–H and O–H groups in total. The fraction of sp³-hybridized carbons (Fsp3) is 0.444. The molecule has 178 valence electrons. The van der Waals surface area contributed by atoms with Gasteiger partial charge < -0.3 is 14.2 Å². The molecule has 2 aliphatic rings. The molecule has 4 rings (SSSR count). The van der Waals surface area contributed by atoms with Crippen molar-refractivity contribution < 1.29 is 23.8 Å². The molecule has 2 heterocycles. The van der Waals surface area contributed by atoms with E-state index in [1.165, 1.54) is 0 Å². The van der Waals surface area contributed by atoms with Crippen LogP contribution in [0.5, 0.6) is 5.75 Å². The van der Waals surface area contributed by atoms with Gasteiger partial charge in [-0.15, -0.1) is 0 Å². The van der Waals surface area contributed by atoms with E-state index in [1.807, 2.05) is 51.1 Å². The number of benzene rings is 2. The van der Waals surface area contributed by atoms with E-state index in [9.17, 15) is 14.9 Å². The number of rotatable bonds is 5. The maximum atomic E-state index is 13.4. The first-order valence-corrected chi connectivity index (χ1v) is 11.6. The van der Waals surface area contributed by atoms with Crippen molar-refractivity contribution in [3.8, 4) is 11.8 Å². The predicted molar refractivity (Wildman–Crippen MR) is 125 cm³/mol. The van der Waals surface area contributed by atoms with Crippen molar-refractivity contribution in [3.05, 3.63) is 65.2 Å². The standard InChI is InChI=1S/C27H30N2O5/c1-27(2,3)34-26(31)29-22-11-21(12-23(29)17-32-16-22)25(30)19-9-10-20(14-28)24(13-19)33-15-18-7-5-4-6-8-18/h4-10,13,21-23H,11-12,15-17H2,1-3H3. The Labute approximate surface area is 200 Å². The van der Waals surface area contributed by atoms with Gasteiger partial charge in [0.25, 0.3) is 0 Å². The average Bonchev–Trinajstić information content (AvgIpc) is 2.80. The highest BCUT2D eigenvalue weighted by Gasteiger charge is 2.45. The number of morpholine rings is 1. The number of carbonyl (C=O) groups excluding carboxylic acids is 2. The van der Waals surface area contributed by atoms with Gasteiger partial charge in [-0.3, -0.25) is 9.69 Å². The van der Waals surface area contributed by atoms with Crippen LogP contribution in [0.25, 0.3) is 0 Å². The Morgan fingerprint density at radius 3 is 2.38 bits per heavy atom. The third-order valence-corrected chi connectivity index (χ3v) is 6.12. The monoisotopic (exact) mass is 462 g/mol. The first-order chi connectivity index (χ1) is 16.2. The number of amides is 1. The highest BCUT2D eigenvalue weighted by Crippen LogP contribution is 2.35. The highest BCUT2D eigenvalue weighted by molar-refractivity contribution is 5.98. The van der Waals surface area contributed by atoms with Crippen LogP contribution in [-0.2, 0) is 16.1 Å². The number of nitriles is 1. The van der Waals surface area contributed by atoms with Crippen LogP contribution in [0.15, 0.2) is 48.5 Å². The van der Waals surface area contributed by atoms with Gasteiger partial charge in [-0.1, -0.05) is 30.3 Å². The Hall–Kier alpha value is -3.37. The summed E-state index contributed by atoms with van der Waals surface area (Å²) in [5, 5.41) is 9.49. The second kappa shape index (κ2) is 9.86. The lowest BCUT2D eigenvalue weighted by Gasteiger charge is -2.47. The van der Waals surface area contributed by atoms with Crippen LogP contribution in [0, 0.1) is 17.2 Å². The van der Waals surface area contributed by atoms with E-state index in [2.05, 4.69) is 6.07 Å². The summed E-state index contributed by atoms with van der Waals surface area (Å²) in [6.45, 7) is 6.61. The minimum Gasteiger partial charge on any atom is -0.487 e. The zero-order chi connectivity index (χ0) is 24.3. The van der Waals surface area contributed by atoms with Crippen LogP contribution in [0.3, 0.4) is 0 Å². The van der Waals surface area contributed by atoms with Crippen molar-refractivity contribution in [1.82, 2.24) is 4.90 Å². The fourth-order valence-corrected chi connectivity index (χ4v) is 4.60. The summed E-state index contributed by atoms with van der Waals surface area (Å²) in [6, 6.07) is 16.4. The van der Waals surface area contributed by atoms with Crippen molar-refractivity contribution in [3.63, 3.8) is 0 Å². The first kappa shape index (κ1) is 23.8. The molecule has 0 saturated carbocycles. The lowest BCUT2D eigenvalue weighted by atomic mass is 9.80. The second-order valence-electron chi connectivity index (χ2n) is 9.86. The Morgan fingerprint density at radius 2 is 1.76 bits per heavy atom. The van der Waals surface area contributed by atoms with Crippen molar-refractivity contribution in [2.45, 2.75) is 57.9 Å². The Morgan fingerprint density at radius 1 is 1.09 bits per heavy atom. The highest BCUT2D eigenvalue weighted by atomic mass is 16.6. The molecule has 0 aromatic heterocycles. The lowest BCUT2D eigenvalue weighted by Crippen LogP contribution is -2.60. The third kappa shape index (κ3) is 5.40. The van der Waals surface area contributed by atoms with E-state index in [-0.39, 0.29) is 29.9 Å². The molecule has 2 aromatic carbocycles. The summed E-state index contributed by atoms with van der Waals surface area (Å²) in [6.07, 6.45) is 0.662. The van der Waals surface area contributed by atoms with Gasteiger partial charge in [-0.05, 0) is 57.4 Å². The van der Waals surface area contributed by atoms with E-state index < -0.39 is 5.60 Å². The summed E-state index contributed by atoms with van der Waals surface area (Å²) < 4.78 is 17.2. The Kier molecular flexibility index (Phi) is 6.90. The number of piperidine rings is 1. The molecule has 7 heteroatoms. The van der Waals surface area contributed by atoms with Crippen molar-refractivity contribution in [2.24, 2.45) is 5.92 Å². The van der Waals surface area contributed by atoms with Gasteiger partial charge in [0.1, 0.15) is 24.0 Å². The Bertz CT molecular complexity index is 1070. The number of nitrogens with zero attached hydrogens (tertiary/aromatic N) is 2. The average molecular weight is 463 g/mol. The molecule has 34 heavy (non-hydrogen) atoms. The molecule has 2 fully saturated rings. The predicted octanol–water partition coefficient (Wildman–Crippen LogP) is 4.73. The van der Waals surface area contributed by atoms with Gasteiger partial charge in [-0.25, -0.2) is 4.79 Å². The molecule has 2 aromatic rings. The number of fused-ring (bicyclic) bond motifs is 2. The molecule has 2 unspecified atom stereocenters. The summed E-state index contributed by atoms with van der Waals surface area (Å²) in [5.74, 6) is 0.147. The van der Waals surface area contributed by atoms with Gasteiger partial charge in [0.2, 0.25) is 0 Å². The maximum Gasteiger partial charge on any atom is 0.410 e. The van der Waals surface area contributed by atoms with Crippen molar-refractivity contribution in [1.29, 1.82) is 5.26 Å². The maximum absolute atomic E-state index is 13.4. The second-order valence-corrected chi connectivity index (χ2v) is 9.86. The van der Waals surface area contributed by atoms with Gasteiger partial charge in [0.15, 0.2) is 5.78 Å². The summed E-state index contributed by atoms with van der Waals surface area (Å²) in [4.78, 5) is 28.0. The topological polar surface area (TPSA) is 88.9 Å². The summed E-state index contributed by atoms with van der Waals surface area (Å²) in [5.41, 5.74) is 1.29. The van der Waals surface area contributed by atoms with Crippen LogP contribution in [0.4, 0.5) is 4.79 Å². The van der Waals surface area contributed by atoms with Gasteiger partial charge in [0.05, 0.1) is 30.9 Å². The minimum absolute atomic E-state index is 0.00482. The minimum atomic E-state index is -0.586. The quantitative estimate of drug-likeness (QED) is 0.597. The number of Topliss-reactive ketones (excluding diaryl/α,β-unsaturated/α-hetero) is 1. The first-order valence-electron chi connectivity index (χ1n) is 11.6. The largest absolute Gasteiger partial charge is 0.487 e. The van der Waals surface area contributed by atoms with E-state index in [0.717, 1.165) is 5.56 Å². The number of ketones is 1. The molecule has 0 radical (unpaired) electrons. The molecular weight excluding hydrogens is 432 g/mol. The van der Waals surface area contributed by atoms with Crippen LogP contribution in [0.1, 0.15) is 55.1 Å². The van der Waals surface area contributed by atoms with E-state index in [4.69, 9.17) is 14.2 Å². The number of ether oxygens (including phenoxy) is 3. The van der Waals surface area contributed by atoms with Crippen LogP contribution < -0.4 is 4.74 Å². The van der Waals surface area contributed by atoms with Crippen LogP contribution in [-0.4, -0.2) is 47.7 Å². The molecular formula is C27H30N2O5. The molecule has 0 spiro atoms. The zero-order valence-electron chi connectivity index (χ0n) is 19.8. The van der Waals surface area contributed by atoms with E-state index >= 15 is 0 Å². The van der Waals surface area contributed by atoms with Gasteiger partial charge in [0, 0.05) is 11.5 Å². The lowest BCUT2D eigenvalue weighted by molar-refractivity contribution is -0.0861. The smallest absolute Gasteiger partial charge is 0.410 e. The van der Waals surface area contributed by atoms with E-state index in [1.54, 1.807) is 23.1 Å². The third-order valence-electron chi connectivity index (χ3n) is 6.12. The molecule has 1 amide bonds. The number of hydrogen-bond donors (Lipinski definition) is 0. The van der Waals surface area contributed by atoms with E-state index in [0.29, 0.717) is 49.5 Å². The van der Waals surface area contributed by atoms with Crippen molar-refractivity contribution >= 4 is 11.9 Å². The van der Waals surface area contributed by atoms with Crippen LogP contribution >= 0.6 is 0 Å². The Balaban J connectivity index is 1.49. The molecule has 0 aliphatic carbocycles. The van der Waals surface area contributed by atoms with Crippen LogP contribution in [0.2, 0.25) is 0 Å². The molecule has 2 atom stereocenters.